The first-order valence-electron chi connectivity index (χ1n) is 5.48. The summed E-state index contributed by atoms with van der Waals surface area (Å²) in [7, 11) is 0. The van der Waals surface area contributed by atoms with Gasteiger partial charge in [0.15, 0.2) is 0 Å². The molecular formula is C12H12ClN3O2. The SMILES string of the molecule is CC(C(c1ccccc1Cl)n1cccn1)[N+](=O)[O-]. The van der Waals surface area contributed by atoms with Gasteiger partial charge in [0.2, 0.25) is 6.04 Å². The van der Waals surface area contributed by atoms with Gasteiger partial charge >= 0.3 is 0 Å². The van der Waals surface area contributed by atoms with Crippen LogP contribution in [0.5, 0.6) is 0 Å². The molecule has 1 aromatic carbocycles. The van der Waals surface area contributed by atoms with E-state index in [1.165, 1.54) is 0 Å². The van der Waals surface area contributed by atoms with Gasteiger partial charge in [0.1, 0.15) is 6.04 Å². The second-order valence-electron chi connectivity index (χ2n) is 3.98. The Morgan fingerprint density at radius 3 is 2.67 bits per heavy atom. The molecule has 0 saturated carbocycles. The monoisotopic (exact) mass is 265 g/mol. The van der Waals surface area contributed by atoms with Crippen LogP contribution in [0.1, 0.15) is 18.5 Å². The summed E-state index contributed by atoms with van der Waals surface area (Å²) < 4.78 is 1.56. The zero-order chi connectivity index (χ0) is 13.1. The third-order valence-electron chi connectivity index (χ3n) is 2.82. The smallest absolute Gasteiger partial charge is 0.236 e. The van der Waals surface area contributed by atoms with E-state index < -0.39 is 12.1 Å². The quantitative estimate of drug-likeness (QED) is 0.631. The molecule has 1 aromatic heterocycles. The van der Waals surface area contributed by atoms with Crippen LogP contribution in [-0.2, 0) is 0 Å². The molecule has 5 nitrogen and oxygen atoms in total. The molecule has 2 aromatic rings. The van der Waals surface area contributed by atoms with Crippen LogP contribution in [0, 0.1) is 10.1 Å². The molecule has 94 valence electrons. The molecule has 18 heavy (non-hydrogen) atoms. The lowest BCUT2D eigenvalue weighted by molar-refractivity contribution is -0.523. The van der Waals surface area contributed by atoms with E-state index in [9.17, 15) is 10.1 Å². The standard InChI is InChI=1S/C12H12ClN3O2/c1-9(16(17)18)12(15-8-4-7-14-15)10-5-2-3-6-11(10)13/h2-9,12H,1H3. The van der Waals surface area contributed by atoms with Gasteiger partial charge in [0, 0.05) is 34.8 Å². The molecule has 0 fully saturated rings. The molecule has 0 aliphatic rings. The highest BCUT2D eigenvalue weighted by Gasteiger charge is 2.31. The largest absolute Gasteiger partial charge is 0.264 e. The molecule has 0 aliphatic carbocycles. The van der Waals surface area contributed by atoms with E-state index in [1.807, 2.05) is 6.07 Å². The highest BCUT2D eigenvalue weighted by Crippen LogP contribution is 2.29. The summed E-state index contributed by atoms with van der Waals surface area (Å²) in [6, 6.07) is 7.52. The van der Waals surface area contributed by atoms with Crippen LogP contribution in [0.15, 0.2) is 42.7 Å². The van der Waals surface area contributed by atoms with E-state index in [2.05, 4.69) is 5.10 Å². The first-order valence-corrected chi connectivity index (χ1v) is 5.86. The Labute approximate surface area is 109 Å². The zero-order valence-corrected chi connectivity index (χ0v) is 10.5. The molecule has 0 aliphatic heterocycles. The summed E-state index contributed by atoms with van der Waals surface area (Å²) >= 11 is 6.12. The van der Waals surface area contributed by atoms with Crippen LogP contribution in [0.25, 0.3) is 0 Å². The average molecular weight is 266 g/mol. The number of rotatable bonds is 4. The molecule has 0 amide bonds. The fourth-order valence-corrected chi connectivity index (χ4v) is 2.15. The Morgan fingerprint density at radius 2 is 2.11 bits per heavy atom. The fraction of sp³-hybridized carbons (Fsp3) is 0.250. The van der Waals surface area contributed by atoms with Gasteiger partial charge in [0.25, 0.3) is 0 Å². The van der Waals surface area contributed by atoms with Gasteiger partial charge in [-0.2, -0.15) is 5.10 Å². The van der Waals surface area contributed by atoms with Gasteiger partial charge in [0.05, 0.1) is 0 Å². The lowest BCUT2D eigenvalue weighted by Crippen LogP contribution is -2.30. The Hall–Kier alpha value is -1.88. The number of nitrogens with zero attached hydrogens (tertiary/aromatic N) is 3. The molecule has 2 atom stereocenters. The number of hydrogen-bond acceptors (Lipinski definition) is 3. The predicted octanol–water partition coefficient (Wildman–Crippen LogP) is 2.79. The molecule has 2 rings (SSSR count). The third kappa shape index (κ3) is 2.36. The molecular weight excluding hydrogens is 254 g/mol. The number of nitro groups is 1. The minimum Gasteiger partial charge on any atom is -0.264 e. The molecule has 0 saturated heterocycles. The van der Waals surface area contributed by atoms with E-state index in [0.717, 1.165) is 0 Å². The topological polar surface area (TPSA) is 61.0 Å². The van der Waals surface area contributed by atoms with Gasteiger partial charge in [-0.15, -0.1) is 0 Å². The summed E-state index contributed by atoms with van der Waals surface area (Å²) in [4.78, 5) is 10.7. The van der Waals surface area contributed by atoms with Gasteiger partial charge in [-0.3, -0.25) is 14.8 Å². The van der Waals surface area contributed by atoms with Crippen LogP contribution >= 0.6 is 11.6 Å². The average Bonchev–Trinajstić information content (AvgIpc) is 2.85. The van der Waals surface area contributed by atoms with Crippen LogP contribution in [0.4, 0.5) is 0 Å². The summed E-state index contributed by atoms with van der Waals surface area (Å²) in [6.07, 6.45) is 3.30. The Balaban J connectivity index is 2.50. The lowest BCUT2D eigenvalue weighted by Gasteiger charge is -2.20. The van der Waals surface area contributed by atoms with E-state index in [4.69, 9.17) is 11.6 Å². The van der Waals surface area contributed by atoms with E-state index in [0.29, 0.717) is 10.6 Å². The molecule has 0 radical (unpaired) electrons. The van der Waals surface area contributed by atoms with E-state index in [-0.39, 0.29) is 4.92 Å². The number of aromatic nitrogens is 2. The fourth-order valence-electron chi connectivity index (χ4n) is 1.90. The Morgan fingerprint density at radius 1 is 1.39 bits per heavy atom. The van der Waals surface area contributed by atoms with Crippen LogP contribution in [0.3, 0.4) is 0 Å². The maximum atomic E-state index is 11.0. The van der Waals surface area contributed by atoms with Crippen molar-refractivity contribution in [1.82, 2.24) is 9.78 Å². The summed E-state index contributed by atoms with van der Waals surface area (Å²) in [5.41, 5.74) is 0.701. The normalized spacial score (nSPS) is 14.1. The van der Waals surface area contributed by atoms with Crippen molar-refractivity contribution in [1.29, 1.82) is 0 Å². The predicted molar refractivity (Wildman–Crippen MR) is 68.3 cm³/mol. The van der Waals surface area contributed by atoms with Gasteiger partial charge in [-0.05, 0) is 12.1 Å². The molecule has 0 bridgehead atoms. The summed E-state index contributed by atoms with van der Waals surface area (Å²) in [5, 5.41) is 15.6. The highest BCUT2D eigenvalue weighted by atomic mass is 35.5. The number of halogens is 1. The third-order valence-corrected chi connectivity index (χ3v) is 3.17. The van der Waals surface area contributed by atoms with Crippen molar-refractivity contribution in [3.63, 3.8) is 0 Å². The van der Waals surface area contributed by atoms with Gasteiger partial charge < -0.3 is 0 Å². The first kappa shape index (κ1) is 12.6. The van der Waals surface area contributed by atoms with Crippen molar-refractivity contribution in [3.8, 4) is 0 Å². The van der Waals surface area contributed by atoms with Crippen molar-refractivity contribution in [2.24, 2.45) is 0 Å². The van der Waals surface area contributed by atoms with Crippen molar-refractivity contribution in [2.45, 2.75) is 19.0 Å². The minimum atomic E-state index is -0.815. The molecule has 2 unspecified atom stereocenters. The van der Waals surface area contributed by atoms with Crippen molar-refractivity contribution >= 4 is 11.6 Å². The first-order chi connectivity index (χ1) is 8.61. The lowest BCUT2D eigenvalue weighted by atomic mass is 10.0. The second-order valence-corrected chi connectivity index (χ2v) is 4.39. The molecule has 0 N–H and O–H groups in total. The van der Waals surface area contributed by atoms with E-state index >= 15 is 0 Å². The number of hydrogen-bond donors (Lipinski definition) is 0. The zero-order valence-electron chi connectivity index (χ0n) is 9.73. The Bertz CT molecular complexity index is 542. The van der Waals surface area contributed by atoms with E-state index in [1.54, 1.807) is 48.3 Å². The summed E-state index contributed by atoms with van der Waals surface area (Å²) in [5.74, 6) is 0. The van der Waals surface area contributed by atoms with Gasteiger partial charge in [-0.1, -0.05) is 29.8 Å². The van der Waals surface area contributed by atoms with Crippen LogP contribution in [-0.4, -0.2) is 20.7 Å². The number of benzene rings is 1. The van der Waals surface area contributed by atoms with Crippen molar-refractivity contribution in [2.75, 3.05) is 0 Å². The molecule has 0 spiro atoms. The van der Waals surface area contributed by atoms with Gasteiger partial charge in [-0.25, -0.2) is 0 Å². The second kappa shape index (κ2) is 5.18. The van der Waals surface area contributed by atoms with Crippen LogP contribution < -0.4 is 0 Å². The maximum absolute atomic E-state index is 11.0. The molecule has 1 heterocycles. The highest BCUT2D eigenvalue weighted by molar-refractivity contribution is 6.31. The van der Waals surface area contributed by atoms with Crippen molar-refractivity contribution < 1.29 is 4.92 Å². The minimum absolute atomic E-state index is 0.324. The van der Waals surface area contributed by atoms with Crippen LogP contribution in [0.2, 0.25) is 5.02 Å². The maximum Gasteiger partial charge on any atom is 0.236 e. The Kier molecular flexibility index (Phi) is 3.62. The van der Waals surface area contributed by atoms with Crippen molar-refractivity contribution in [3.05, 3.63) is 63.4 Å². The summed E-state index contributed by atoms with van der Waals surface area (Å²) in [6.45, 7) is 1.55. The molecule has 6 heteroatoms.